The molecule has 2 bridgehead atoms. The molecule has 3 atom stereocenters. The summed E-state index contributed by atoms with van der Waals surface area (Å²) in [5.74, 6) is 0.789. The minimum atomic E-state index is -0.552. The minimum Gasteiger partial charge on any atom is -0.490 e. The molecule has 1 aromatic heterocycles. The average molecular weight is 422 g/mol. The zero-order chi connectivity index (χ0) is 22.1. The van der Waals surface area contributed by atoms with Gasteiger partial charge >= 0.3 is 0 Å². The van der Waals surface area contributed by atoms with Crippen molar-refractivity contribution in [3.63, 3.8) is 0 Å². The van der Waals surface area contributed by atoms with Crippen LogP contribution < -0.4 is 15.2 Å². The molecular weight excluding hydrogens is 396 g/mol. The second kappa shape index (κ2) is 8.42. The van der Waals surface area contributed by atoms with Gasteiger partial charge in [0.2, 0.25) is 11.8 Å². The lowest BCUT2D eigenvalue weighted by atomic mass is 9.98. The fraction of sp³-hybridized carbons (Fsp3) is 0.478. The summed E-state index contributed by atoms with van der Waals surface area (Å²) in [5, 5.41) is 10.4. The monoisotopic (exact) mass is 422 g/mol. The average Bonchev–Trinajstić information content (AvgIpc) is 3.00. The Kier molecular flexibility index (Phi) is 5.68. The van der Waals surface area contributed by atoms with Crippen LogP contribution in [0.4, 0.5) is 0 Å². The zero-order valence-electron chi connectivity index (χ0n) is 17.7. The SMILES string of the molecule is CC(C)Oc1cc2c(O[C@@H]3C[C@H]4C[C@@H]3CN(C(=O)CC#N)C4)nccc2cc1C(N)=O. The number of aromatic nitrogens is 1. The van der Waals surface area contributed by atoms with Crippen LogP contribution in [-0.2, 0) is 4.79 Å². The highest BCUT2D eigenvalue weighted by atomic mass is 16.5. The smallest absolute Gasteiger partial charge is 0.252 e. The van der Waals surface area contributed by atoms with E-state index in [1.165, 1.54) is 0 Å². The van der Waals surface area contributed by atoms with Crippen molar-refractivity contribution in [1.29, 1.82) is 5.26 Å². The third kappa shape index (κ3) is 4.26. The Balaban J connectivity index is 1.61. The summed E-state index contributed by atoms with van der Waals surface area (Å²) in [6, 6.07) is 7.22. The van der Waals surface area contributed by atoms with Crippen molar-refractivity contribution in [1.82, 2.24) is 9.88 Å². The first kappa shape index (κ1) is 20.9. The third-order valence-corrected chi connectivity index (χ3v) is 5.96. The molecular formula is C23H26N4O4. The van der Waals surface area contributed by atoms with E-state index in [1.54, 1.807) is 23.2 Å². The lowest BCUT2D eigenvalue weighted by Crippen LogP contribution is -2.42. The van der Waals surface area contributed by atoms with Crippen molar-refractivity contribution in [3.8, 4) is 17.7 Å². The molecule has 0 radical (unpaired) electrons. The first-order valence-corrected chi connectivity index (χ1v) is 10.6. The summed E-state index contributed by atoms with van der Waals surface area (Å²) in [6.45, 7) is 5.04. The van der Waals surface area contributed by atoms with Gasteiger partial charge in [0.25, 0.3) is 5.91 Å². The van der Waals surface area contributed by atoms with Crippen LogP contribution in [0.5, 0.6) is 11.6 Å². The van der Waals surface area contributed by atoms with Crippen molar-refractivity contribution >= 4 is 22.6 Å². The van der Waals surface area contributed by atoms with Crippen LogP contribution in [0.2, 0.25) is 0 Å². The summed E-state index contributed by atoms with van der Waals surface area (Å²) < 4.78 is 12.2. The van der Waals surface area contributed by atoms with E-state index in [2.05, 4.69) is 4.98 Å². The number of nitrogens with two attached hydrogens (primary N) is 1. The number of carbonyl (C=O) groups excluding carboxylic acids is 2. The first-order chi connectivity index (χ1) is 14.9. The Labute approximate surface area is 180 Å². The van der Waals surface area contributed by atoms with Crippen LogP contribution in [0.25, 0.3) is 10.8 Å². The molecule has 31 heavy (non-hydrogen) atoms. The summed E-state index contributed by atoms with van der Waals surface area (Å²) in [7, 11) is 0. The van der Waals surface area contributed by atoms with E-state index in [0.29, 0.717) is 36.2 Å². The van der Waals surface area contributed by atoms with Crippen LogP contribution in [0.3, 0.4) is 0 Å². The molecule has 2 aromatic rings. The Morgan fingerprint density at radius 2 is 2.13 bits per heavy atom. The van der Waals surface area contributed by atoms with Gasteiger partial charge in [-0.05, 0) is 56.2 Å². The van der Waals surface area contributed by atoms with Crippen molar-refractivity contribution < 1.29 is 19.1 Å². The van der Waals surface area contributed by atoms with Gasteiger partial charge in [0.1, 0.15) is 18.3 Å². The largest absolute Gasteiger partial charge is 0.490 e. The standard InChI is InChI=1S/C23H26N4O4/c1-13(2)30-20-10-17-15(9-18(20)22(25)29)4-6-26-23(17)31-19-8-14-7-16(19)12-27(11-14)21(28)3-5-24/h4,6,9-10,13-14,16,19H,3,7-8,11-12H2,1-2H3,(H2,25,29)/t14-,16-,19-/m1/s1. The minimum absolute atomic E-state index is 0.0618. The molecule has 2 N–H and O–H groups in total. The van der Waals surface area contributed by atoms with E-state index in [9.17, 15) is 9.59 Å². The molecule has 1 saturated heterocycles. The molecule has 1 aliphatic carbocycles. The maximum absolute atomic E-state index is 12.2. The van der Waals surface area contributed by atoms with Gasteiger partial charge in [0.15, 0.2) is 0 Å². The van der Waals surface area contributed by atoms with Crippen LogP contribution in [0.15, 0.2) is 24.4 Å². The Hall–Kier alpha value is -3.34. The second-order valence-electron chi connectivity index (χ2n) is 8.60. The fourth-order valence-corrected chi connectivity index (χ4v) is 4.69. The number of carbonyl (C=O) groups is 2. The number of fused-ring (bicyclic) bond motifs is 3. The third-order valence-electron chi connectivity index (χ3n) is 5.96. The molecule has 162 valence electrons. The van der Waals surface area contributed by atoms with Crippen LogP contribution in [0, 0.1) is 23.2 Å². The predicted molar refractivity (Wildman–Crippen MR) is 113 cm³/mol. The maximum Gasteiger partial charge on any atom is 0.252 e. The van der Waals surface area contributed by atoms with Crippen LogP contribution in [0.1, 0.15) is 43.5 Å². The summed E-state index contributed by atoms with van der Waals surface area (Å²) in [4.78, 5) is 30.3. The molecule has 8 heteroatoms. The van der Waals surface area contributed by atoms with E-state index in [1.807, 2.05) is 26.0 Å². The van der Waals surface area contributed by atoms with Crippen molar-refractivity contribution in [2.24, 2.45) is 17.6 Å². The molecule has 2 heterocycles. The number of primary amides is 1. The van der Waals surface area contributed by atoms with E-state index in [0.717, 1.165) is 23.6 Å². The highest BCUT2D eigenvalue weighted by molar-refractivity contribution is 6.01. The molecule has 0 unspecified atom stereocenters. The lowest BCUT2D eigenvalue weighted by molar-refractivity contribution is -0.132. The Bertz CT molecular complexity index is 1060. The fourth-order valence-electron chi connectivity index (χ4n) is 4.69. The molecule has 4 rings (SSSR count). The number of nitrogens with zero attached hydrogens (tertiary/aromatic N) is 3. The molecule has 8 nitrogen and oxygen atoms in total. The number of amides is 2. The highest BCUT2D eigenvalue weighted by Crippen LogP contribution is 2.40. The lowest BCUT2D eigenvalue weighted by Gasteiger charge is -2.32. The van der Waals surface area contributed by atoms with E-state index >= 15 is 0 Å². The van der Waals surface area contributed by atoms with Gasteiger partial charge in [0.05, 0.1) is 17.7 Å². The van der Waals surface area contributed by atoms with Gasteiger partial charge in [-0.3, -0.25) is 9.59 Å². The number of benzene rings is 1. The van der Waals surface area contributed by atoms with Crippen molar-refractivity contribution in [2.45, 2.75) is 45.3 Å². The molecule has 1 saturated carbocycles. The van der Waals surface area contributed by atoms with Gasteiger partial charge in [-0.25, -0.2) is 4.98 Å². The van der Waals surface area contributed by atoms with Gasteiger partial charge < -0.3 is 20.1 Å². The Morgan fingerprint density at radius 3 is 2.84 bits per heavy atom. The summed E-state index contributed by atoms with van der Waals surface area (Å²) in [5.41, 5.74) is 5.87. The summed E-state index contributed by atoms with van der Waals surface area (Å²) >= 11 is 0. The summed E-state index contributed by atoms with van der Waals surface area (Å²) in [6.07, 6.45) is 3.22. The zero-order valence-corrected chi connectivity index (χ0v) is 17.7. The quantitative estimate of drug-likeness (QED) is 0.764. The molecule has 1 aromatic carbocycles. The Morgan fingerprint density at radius 1 is 1.32 bits per heavy atom. The topological polar surface area (TPSA) is 119 Å². The predicted octanol–water partition coefficient (Wildman–Crippen LogP) is 2.65. The number of nitriles is 1. The van der Waals surface area contributed by atoms with Crippen LogP contribution >= 0.6 is 0 Å². The van der Waals surface area contributed by atoms with Crippen LogP contribution in [-0.4, -0.2) is 47.0 Å². The van der Waals surface area contributed by atoms with E-state index in [-0.39, 0.29) is 30.5 Å². The normalized spacial score (nSPS) is 22.4. The number of piperidine rings is 1. The molecule has 0 spiro atoms. The number of hydrogen-bond acceptors (Lipinski definition) is 6. The van der Waals surface area contributed by atoms with Crippen molar-refractivity contribution in [3.05, 3.63) is 30.0 Å². The number of hydrogen-bond donors (Lipinski definition) is 1. The second-order valence-corrected chi connectivity index (χ2v) is 8.60. The number of ether oxygens (including phenoxy) is 2. The molecule has 2 aliphatic rings. The molecule has 2 amide bonds. The van der Waals surface area contributed by atoms with E-state index < -0.39 is 5.91 Å². The maximum atomic E-state index is 12.2. The molecule has 2 fully saturated rings. The first-order valence-electron chi connectivity index (χ1n) is 10.6. The highest BCUT2D eigenvalue weighted by Gasteiger charge is 2.43. The van der Waals surface area contributed by atoms with Gasteiger partial charge in [0, 0.05) is 30.6 Å². The van der Waals surface area contributed by atoms with Gasteiger partial charge in [-0.15, -0.1) is 0 Å². The number of rotatable bonds is 6. The number of likely N-dealkylation sites (tertiary alicyclic amines) is 1. The molecule has 1 aliphatic heterocycles. The van der Waals surface area contributed by atoms with Gasteiger partial charge in [-0.1, -0.05) is 0 Å². The van der Waals surface area contributed by atoms with E-state index in [4.69, 9.17) is 20.5 Å². The van der Waals surface area contributed by atoms with Gasteiger partial charge in [-0.2, -0.15) is 5.26 Å². The van der Waals surface area contributed by atoms with Crippen molar-refractivity contribution in [2.75, 3.05) is 13.1 Å². The number of pyridine rings is 1.